The summed E-state index contributed by atoms with van der Waals surface area (Å²) in [5, 5.41) is 9.13. The van der Waals surface area contributed by atoms with Gasteiger partial charge in [0.25, 0.3) is 0 Å². The minimum Gasteiger partial charge on any atom is -0.326 e. The van der Waals surface area contributed by atoms with E-state index in [0.717, 1.165) is 12.1 Å². The van der Waals surface area contributed by atoms with Gasteiger partial charge in [0.2, 0.25) is 17.8 Å². The van der Waals surface area contributed by atoms with Crippen LogP contribution in [-0.2, 0) is 16.1 Å². The van der Waals surface area contributed by atoms with E-state index in [-0.39, 0.29) is 24.6 Å². The zero-order chi connectivity index (χ0) is 16.6. The predicted molar refractivity (Wildman–Crippen MR) is 76.5 cm³/mol. The predicted octanol–water partition coefficient (Wildman–Crippen LogP) is 1.46. The summed E-state index contributed by atoms with van der Waals surface area (Å²) in [6, 6.07) is 3.05. The summed E-state index contributed by atoms with van der Waals surface area (Å²) >= 11 is 0. The van der Waals surface area contributed by atoms with E-state index in [2.05, 4.69) is 20.7 Å². The summed E-state index contributed by atoms with van der Waals surface area (Å²) in [6.07, 6.45) is -0.108. The normalized spacial score (nSPS) is 16.7. The number of nitrogens with zero attached hydrogens (tertiary/aromatic N) is 3. The third kappa shape index (κ3) is 3.17. The van der Waals surface area contributed by atoms with E-state index in [1.54, 1.807) is 6.92 Å². The monoisotopic (exact) mass is 321 g/mol. The Morgan fingerprint density at radius 1 is 1.43 bits per heavy atom. The van der Waals surface area contributed by atoms with Gasteiger partial charge in [-0.2, -0.15) is 10.1 Å². The van der Waals surface area contributed by atoms with Gasteiger partial charge in [0, 0.05) is 18.2 Å². The van der Waals surface area contributed by atoms with E-state index in [4.69, 9.17) is 0 Å². The lowest BCUT2D eigenvalue weighted by Crippen LogP contribution is -2.36. The Morgan fingerprint density at radius 2 is 2.22 bits per heavy atom. The highest BCUT2D eigenvalue weighted by Crippen LogP contribution is 2.20. The Hall–Kier alpha value is -2.84. The molecular weight excluding hydrogens is 308 g/mol. The van der Waals surface area contributed by atoms with Crippen LogP contribution in [0.2, 0.25) is 0 Å². The third-order valence-corrected chi connectivity index (χ3v) is 3.41. The molecule has 0 saturated carbocycles. The van der Waals surface area contributed by atoms with Crippen molar-refractivity contribution in [3.63, 3.8) is 0 Å². The molecule has 0 bridgehead atoms. The van der Waals surface area contributed by atoms with E-state index < -0.39 is 23.5 Å². The maximum Gasteiger partial charge on any atom is 0.232 e. The number of carbonyl (C=O) groups excluding carboxylic acids is 2. The zero-order valence-corrected chi connectivity index (χ0v) is 12.1. The Labute approximate surface area is 129 Å². The molecule has 1 unspecified atom stereocenters. The summed E-state index contributed by atoms with van der Waals surface area (Å²) in [5.74, 6) is -2.60. The first-order valence-electron chi connectivity index (χ1n) is 6.89. The number of fused-ring (bicyclic) bond motifs is 1. The average molecular weight is 321 g/mol. The van der Waals surface area contributed by atoms with Crippen molar-refractivity contribution in [1.29, 1.82) is 0 Å². The number of benzene rings is 1. The number of rotatable bonds is 3. The number of amides is 2. The second-order valence-electron chi connectivity index (χ2n) is 5.23. The Bertz CT molecular complexity index is 789. The van der Waals surface area contributed by atoms with Crippen molar-refractivity contribution in [1.82, 2.24) is 14.8 Å². The number of halogens is 2. The number of aromatic nitrogens is 3. The lowest BCUT2D eigenvalue weighted by Gasteiger charge is -2.21. The van der Waals surface area contributed by atoms with Gasteiger partial charge in [-0.3, -0.25) is 14.9 Å². The van der Waals surface area contributed by atoms with Crippen LogP contribution in [0.25, 0.3) is 0 Å². The minimum atomic E-state index is -1.05. The van der Waals surface area contributed by atoms with Crippen LogP contribution < -0.4 is 10.6 Å². The van der Waals surface area contributed by atoms with E-state index in [1.165, 1.54) is 10.7 Å². The molecule has 2 N–H and O–H groups in total. The van der Waals surface area contributed by atoms with Gasteiger partial charge in [0.15, 0.2) is 11.6 Å². The molecule has 2 heterocycles. The topological polar surface area (TPSA) is 88.9 Å². The average Bonchev–Trinajstić information content (AvgIpc) is 2.82. The minimum absolute atomic E-state index is 0.108. The first kappa shape index (κ1) is 15.1. The molecule has 1 aromatic carbocycles. The van der Waals surface area contributed by atoms with E-state index >= 15 is 0 Å². The number of hydrogen-bond donors (Lipinski definition) is 2. The SMILES string of the molecule is Cc1nc2n(n1)CC(CC(=O)Nc1ccc(F)c(F)c1)C(=O)N2. The summed E-state index contributed by atoms with van der Waals surface area (Å²) in [4.78, 5) is 28.0. The molecule has 1 aliphatic rings. The van der Waals surface area contributed by atoms with Crippen LogP contribution >= 0.6 is 0 Å². The standard InChI is InChI=1S/C14H13F2N5O2/c1-7-17-14-19-13(23)8(6-21(14)20-7)4-12(22)18-9-2-3-10(15)11(16)5-9/h2-3,5,8H,4,6H2,1H3,(H,18,22)(H,17,19,20,23). The molecule has 120 valence electrons. The number of anilines is 2. The van der Waals surface area contributed by atoms with Gasteiger partial charge in [-0.25, -0.2) is 13.5 Å². The van der Waals surface area contributed by atoms with Crippen LogP contribution in [0.3, 0.4) is 0 Å². The second kappa shape index (κ2) is 5.75. The molecule has 3 rings (SSSR count). The second-order valence-corrected chi connectivity index (χ2v) is 5.23. The molecule has 0 fully saturated rings. The van der Waals surface area contributed by atoms with Gasteiger partial charge in [0.05, 0.1) is 12.5 Å². The molecule has 7 nitrogen and oxygen atoms in total. The largest absolute Gasteiger partial charge is 0.326 e. The number of aryl methyl sites for hydroxylation is 1. The smallest absolute Gasteiger partial charge is 0.232 e. The van der Waals surface area contributed by atoms with Crippen molar-refractivity contribution in [3.05, 3.63) is 35.7 Å². The fourth-order valence-electron chi connectivity index (χ4n) is 2.35. The first-order chi connectivity index (χ1) is 10.9. The number of carbonyl (C=O) groups is 2. The van der Waals surface area contributed by atoms with E-state index in [1.807, 2.05) is 0 Å². The highest BCUT2D eigenvalue weighted by Gasteiger charge is 2.30. The Morgan fingerprint density at radius 3 is 2.96 bits per heavy atom. The Kier molecular flexibility index (Phi) is 3.77. The highest BCUT2D eigenvalue weighted by atomic mass is 19.2. The first-order valence-corrected chi connectivity index (χ1v) is 6.89. The molecule has 0 saturated heterocycles. The van der Waals surface area contributed by atoms with Gasteiger partial charge in [-0.15, -0.1) is 0 Å². The molecule has 23 heavy (non-hydrogen) atoms. The maximum absolute atomic E-state index is 13.1. The van der Waals surface area contributed by atoms with Crippen LogP contribution in [0.4, 0.5) is 20.4 Å². The quantitative estimate of drug-likeness (QED) is 0.896. The molecule has 1 aromatic heterocycles. The fraction of sp³-hybridized carbons (Fsp3) is 0.286. The molecule has 1 aliphatic heterocycles. The molecule has 0 spiro atoms. The lowest BCUT2D eigenvalue weighted by molar-refractivity contribution is -0.125. The van der Waals surface area contributed by atoms with Gasteiger partial charge >= 0.3 is 0 Å². The van der Waals surface area contributed by atoms with Crippen molar-refractivity contribution in [2.45, 2.75) is 19.9 Å². The van der Waals surface area contributed by atoms with Crippen LogP contribution in [0.15, 0.2) is 18.2 Å². The molecule has 2 aromatic rings. The molecular formula is C14H13F2N5O2. The van der Waals surface area contributed by atoms with E-state index in [9.17, 15) is 18.4 Å². The van der Waals surface area contributed by atoms with Crippen LogP contribution in [-0.4, -0.2) is 26.6 Å². The van der Waals surface area contributed by atoms with Crippen molar-refractivity contribution in [2.24, 2.45) is 5.92 Å². The van der Waals surface area contributed by atoms with Crippen LogP contribution in [0.1, 0.15) is 12.2 Å². The van der Waals surface area contributed by atoms with Crippen molar-refractivity contribution in [2.75, 3.05) is 10.6 Å². The van der Waals surface area contributed by atoms with Crippen molar-refractivity contribution in [3.8, 4) is 0 Å². The van der Waals surface area contributed by atoms with Crippen LogP contribution in [0.5, 0.6) is 0 Å². The lowest BCUT2D eigenvalue weighted by atomic mass is 10.0. The van der Waals surface area contributed by atoms with Crippen LogP contribution in [0, 0.1) is 24.5 Å². The molecule has 1 atom stereocenters. The molecule has 2 amide bonds. The van der Waals surface area contributed by atoms with Gasteiger partial charge in [0.1, 0.15) is 5.82 Å². The molecule has 0 radical (unpaired) electrons. The van der Waals surface area contributed by atoms with Crippen molar-refractivity contribution >= 4 is 23.5 Å². The fourth-order valence-corrected chi connectivity index (χ4v) is 2.35. The molecule has 9 heteroatoms. The zero-order valence-electron chi connectivity index (χ0n) is 12.1. The Balaban J connectivity index is 1.66. The summed E-state index contributed by atoms with van der Waals surface area (Å²) in [5.41, 5.74) is 0.127. The van der Waals surface area contributed by atoms with E-state index in [0.29, 0.717) is 11.8 Å². The van der Waals surface area contributed by atoms with Gasteiger partial charge < -0.3 is 5.32 Å². The highest BCUT2D eigenvalue weighted by molar-refractivity contribution is 5.98. The number of nitrogens with one attached hydrogen (secondary N) is 2. The van der Waals surface area contributed by atoms with Gasteiger partial charge in [-0.1, -0.05) is 0 Å². The summed E-state index contributed by atoms with van der Waals surface area (Å²) in [7, 11) is 0. The summed E-state index contributed by atoms with van der Waals surface area (Å²) in [6.45, 7) is 1.93. The molecule has 0 aliphatic carbocycles. The van der Waals surface area contributed by atoms with Crippen molar-refractivity contribution < 1.29 is 18.4 Å². The maximum atomic E-state index is 13.1. The van der Waals surface area contributed by atoms with Gasteiger partial charge in [-0.05, 0) is 19.1 Å². The number of hydrogen-bond acceptors (Lipinski definition) is 4. The third-order valence-electron chi connectivity index (χ3n) is 3.41. The summed E-state index contributed by atoms with van der Waals surface area (Å²) < 4.78 is 27.5.